The van der Waals surface area contributed by atoms with E-state index in [4.69, 9.17) is 27.9 Å². The van der Waals surface area contributed by atoms with E-state index in [1.165, 1.54) is 33.9 Å². The second-order valence-corrected chi connectivity index (χ2v) is 13.6. The Labute approximate surface area is 234 Å². The number of nitrogens with zero attached hydrogens (tertiary/aromatic N) is 3. The lowest BCUT2D eigenvalue weighted by atomic mass is 10.2. The number of piperazine rings is 1. The van der Waals surface area contributed by atoms with Crippen molar-refractivity contribution in [1.29, 1.82) is 0 Å². The average Bonchev–Trinajstić information content (AvgIpc) is 2.93. The van der Waals surface area contributed by atoms with E-state index in [2.05, 4.69) is 0 Å². The minimum atomic E-state index is -3.85. The van der Waals surface area contributed by atoms with Crippen molar-refractivity contribution >= 4 is 48.9 Å². The predicted molar refractivity (Wildman–Crippen MR) is 150 cm³/mol. The first-order chi connectivity index (χ1) is 18.1. The zero-order valence-electron chi connectivity index (χ0n) is 21.0. The Morgan fingerprint density at radius 1 is 0.895 bits per heavy atom. The molecule has 204 valence electrons. The summed E-state index contributed by atoms with van der Waals surface area (Å²) in [4.78, 5) is 2.03. The summed E-state index contributed by atoms with van der Waals surface area (Å²) in [5, 5.41) is 0.162. The Kier molecular flexibility index (Phi) is 8.91. The highest BCUT2D eigenvalue weighted by Gasteiger charge is 2.32. The van der Waals surface area contributed by atoms with Crippen LogP contribution in [0.3, 0.4) is 0 Å². The highest BCUT2D eigenvalue weighted by Crippen LogP contribution is 2.35. The van der Waals surface area contributed by atoms with Gasteiger partial charge < -0.3 is 9.64 Å². The van der Waals surface area contributed by atoms with Crippen LogP contribution in [-0.2, 0) is 26.5 Å². The lowest BCUT2D eigenvalue weighted by molar-refractivity contribution is 0.378. The van der Waals surface area contributed by atoms with E-state index < -0.39 is 20.0 Å². The van der Waals surface area contributed by atoms with Crippen LogP contribution in [0.1, 0.15) is 5.56 Å². The number of ether oxygens (including phenoxy) is 1. The smallest absolute Gasteiger partial charge is 0.244 e. The normalized spacial score (nSPS) is 15.1. The van der Waals surface area contributed by atoms with Crippen molar-refractivity contribution in [2.45, 2.75) is 16.2 Å². The fourth-order valence-electron chi connectivity index (χ4n) is 4.30. The van der Waals surface area contributed by atoms with E-state index in [0.29, 0.717) is 37.5 Å². The van der Waals surface area contributed by atoms with Crippen LogP contribution in [0.4, 0.5) is 5.69 Å². The van der Waals surface area contributed by atoms with Gasteiger partial charge in [0.1, 0.15) is 10.6 Å². The number of benzene rings is 3. The van der Waals surface area contributed by atoms with Crippen molar-refractivity contribution in [2.75, 3.05) is 51.8 Å². The van der Waals surface area contributed by atoms with Gasteiger partial charge in [-0.2, -0.15) is 4.31 Å². The Balaban J connectivity index is 1.51. The number of sulfonamides is 2. The van der Waals surface area contributed by atoms with Gasteiger partial charge in [-0.3, -0.25) is 0 Å². The predicted octanol–water partition coefficient (Wildman–Crippen LogP) is 4.38. The van der Waals surface area contributed by atoms with Gasteiger partial charge in [0.25, 0.3) is 0 Å². The molecule has 1 aliphatic heterocycles. The lowest BCUT2D eigenvalue weighted by Gasteiger charge is -2.36. The molecular formula is C26H29Cl2N3O5S2. The zero-order chi connectivity index (χ0) is 27.5. The maximum absolute atomic E-state index is 13.3. The van der Waals surface area contributed by atoms with Crippen LogP contribution in [0.25, 0.3) is 0 Å². The van der Waals surface area contributed by atoms with Crippen molar-refractivity contribution in [3.05, 3.63) is 82.3 Å². The molecule has 0 unspecified atom stereocenters. The maximum Gasteiger partial charge on any atom is 0.244 e. The van der Waals surface area contributed by atoms with Gasteiger partial charge in [0.05, 0.1) is 27.7 Å². The third kappa shape index (κ3) is 5.95. The van der Waals surface area contributed by atoms with Gasteiger partial charge >= 0.3 is 0 Å². The van der Waals surface area contributed by atoms with Gasteiger partial charge in [-0.05, 0) is 42.3 Å². The van der Waals surface area contributed by atoms with Crippen LogP contribution in [0.5, 0.6) is 5.75 Å². The van der Waals surface area contributed by atoms with E-state index in [1.54, 1.807) is 25.2 Å². The van der Waals surface area contributed by atoms with Gasteiger partial charge in [0.2, 0.25) is 20.0 Å². The molecule has 8 nitrogen and oxygen atoms in total. The molecule has 12 heteroatoms. The molecule has 1 fully saturated rings. The molecule has 0 bridgehead atoms. The summed E-state index contributed by atoms with van der Waals surface area (Å²) in [6.45, 7) is 1.36. The molecule has 1 saturated heterocycles. The minimum Gasteiger partial charge on any atom is -0.495 e. The van der Waals surface area contributed by atoms with Gasteiger partial charge in [-0.25, -0.2) is 21.1 Å². The first-order valence-electron chi connectivity index (χ1n) is 11.9. The summed E-state index contributed by atoms with van der Waals surface area (Å²) in [6, 6.07) is 19.0. The van der Waals surface area contributed by atoms with E-state index in [1.807, 2.05) is 35.2 Å². The molecule has 0 aliphatic carbocycles. The molecule has 0 atom stereocenters. The van der Waals surface area contributed by atoms with E-state index in [9.17, 15) is 16.8 Å². The average molecular weight is 599 g/mol. The molecule has 1 heterocycles. The van der Waals surface area contributed by atoms with E-state index in [0.717, 1.165) is 5.56 Å². The number of hydrogen-bond donors (Lipinski definition) is 0. The second kappa shape index (κ2) is 11.8. The number of hydrogen-bond acceptors (Lipinski definition) is 6. The van der Waals surface area contributed by atoms with Crippen LogP contribution < -0.4 is 9.64 Å². The molecule has 38 heavy (non-hydrogen) atoms. The quantitative estimate of drug-likeness (QED) is 0.364. The van der Waals surface area contributed by atoms with Crippen molar-refractivity contribution in [3.8, 4) is 5.75 Å². The Hall–Kier alpha value is -2.34. The number of rotatable bonds is 9. The molecular weight excluding hydrogens is 569 g/mol. The third-order valence-corrected chi connectivity index (χ3v) is 11.3. The summed E-state index contributed by atoms with van der Waals surface area (Å²) >= 11 is 12.2. The van der Waals surface area contributed by atoms with E-state index in [-0.39, 0.29) is 32.9 Å². The number of likely N-dealkylation sites (N-methyl/N-ethyl adjacent to an activating group) is 1. The van der Waals surface area contributed by atoms with Crippen LogP contribution in [-0.4, -0.2) is 72.3 Å². The Morgan fingerprint density at radius 2 is 1.58 bits per heavy atom. The van der Waals surface area contributed by atoms with Crippen molar-refractivity contribution < 1.29 is 21.6 Å². The highest BCUT2D eigenvalue weighted by atomic mass is 35.5. The standard InChI is InChI=1S/C26H29Cl2N3O5S2/c1-29(14-13-20-7-4-3-5-8-20)37(32,33)21-11-12-24(36-2)23(19-21)30-15-17-31(18-16-30)38(34,35)25-10-6-9-22(27)26(25)28/h3-12,19H,13-18H2,1-2H3. The van der Waals surface area contributed by atoms with Gasteiger partial charge in [-0.1, -0.05) is 59.6 Å². The topological polar surface area (TPSA) is 87.2 Å². The van der Waals surface area contributed by atoms with Crippen molar-refractivity contribution in [2.24, 2.45) is 0 Å². The molecule has 4 rings (SSSR count). The van der Waals surface area contributed by atoms with E-state index >= 15 is 0 Å². The SMILES string of the molecule is COc1ccc(S(=O)(=O)N(C)CCc2ccccc2)cc1N1CCN(S(=O)(=O)c2cccc(Cl)c2Cl)CC1. The summed E-state index contributed by atoms with van der Waals surface area (Å²) in [7, 11) is -4.53. The molecule has 0 radical (unpaired) electrons. The molecule has 3 aromatic rings. The monoisotopic (exact) mass is 597 g/mol. The first kappa shape index (κ1) is 28.7. The maximum atomic E-state index is 13.3. The Bertz CT molecular complexity index is 1490. The van der Waals surface area contributed by atoms with Crippen LogP contribution >= 0.6 is 23.2 Å². The van der Waals surface area contributed by atoms with Gasteiger partial charge in [0, 0.05) is 39.8 Å². The molecule has 0 amide bonds. The third-order valence-electron chi connectivity index (χ3n) is 6.53. The first-order valence-corrected chi connectivity index (χ1v) is 15.6. The minimum absolute atomic E-state index is 0.00689. The van der Waals surface area contributed by atoms with Crippen molar-refractivity contribution in [3.63, 3.8) is 0 Å². The van der Waals surface area contributed by atoms with Gasteiger partial charge in [0.15, 0.2) is 0 Å². The Morgan fingerprint density at radius 3 is 2.24 bits per heavy atom. The lowest BCUT2D eigenvalue weighted by Crippen LogP contribution is -2.48. The molecule has 0 saturated carbocycles. The zero-order valence-corrected chi connectivity index (χ0v) is 24.2. The fraction of sp³-hybridized carbons (Fsp3) is 0.308. The molecule has 3 aromatic carbocycles. The number of methoxy groups -OCH3 is 1. The van der Waals surface area contributed by atoms with Gasteiger partial charge in [-0.15, -0.1) is 0 Å². The van der Waals surface area contributed by atoms with Crippen LogP contribution in [0.15, 0.2) is 76.5 Å². The second-order valence-electron chi connectivity index (χ2n) is 8.84. The van der Waals surface area contributed by atoms with Crippen molar-refractivity contribution in [1.82, 2.24) is 8.61 Å². The summed E-state index contributed by atoms with van der Waals surface area (Å²) in [6.07, 6.45) is 0.590. The van der Waals surface area contributed by atoms with Crippen LogP contribution in [0, 0.1) is 0 Å². The summed E-state index contributed by atoms with van der Waals surface area (Å²) in [5.74, 6) is 0.505. The fourth-order valence-corrected chi connectivity index (χ4v) is 7.65. The number of anilines is 1. The summed E-state index contributed by atoms with van der Waals surface area (Å²) < 4.78 is 61.3. The molecule has 0 N–H and O–H groups in total. The largest absolute Gasteiger partial charge is 0.495 e. The molecule has 0 spiro atoms. The van der Waals surface area contributed by atoms with Crippen LogP contribution in [0.2, 0.25) is 10.0 Å². The molecule has 1 aliphatic rings. The highest BCUT2D eigenvalue weighted by molar-refractivity contribution is 7.89. The number of halogens is 2. The summed E-state index contributed by atoms with van der Waals surface area (Å²) in [5.41, 5.74) is 1.64. The molecule has 0 aromatic heterocycles.